The second-order valence-corrected chi connectivity index (χ2v) is 5.15. The molecule has 0 aliphatic carbocycles. The normalized spacial score (nSPS) is 10.8. The molecule has 0 atom stereocenters. The highest BCUT2D eigenvalue weighted by Gasteiger charge is 1.95. The van der Waals surface area contributed by atoms with Crippen molar-refractivity contribution in [1.82, 2.24) is 5.32 Å². The Hall–Kier alpha value is -0.540. The maximum atomic E-state index is 5.58. The van der Waals surface area contributed by atoms with Crippen molar-refractivity contribution in [3.63, 3.8) is 0 Å². The molecule has 0 spiro atoms. The molecule has 0 radical (unpaired) electrons. The van der Waals surface area contributed by atoms with Crippen LogP contribution in [-0.2, 0) is 0 Å². The van der Waals surface area contributed by atoms with Crippen molar-refractivity contribution in [2.24, 2.45) is 5.92 Å². The standard InChI is InChI=1S/C13H20BrNO/c1-11(2)7-8-15-9-10-16-13-5-3-12(14)4-6-13/h3-6,11,15H,7-10H2,1-2H3. The number of hydrogen-bond acceptors (Lipinski definition) is 2. The average molecular weight is 286 g/mol. The van der Waals surface area contributed by atoms with Gasteiger partial charge in [0.15, 0.2) is 0 Å². The highest BCUT2D eigenvalue weighted by Crippen LogP contribution is 2.15. The van der Waals surface area contributed by atoms with Crippen LogP contribution in [0.2, 0.25) is 0 Å². The first-order valence-corrected chi connectivity index (χ1v) is 6.57. The summed E-state index contributed by atoms with van der Waals surface area (Å²) in [5.74, 6) is 1.69. The quantitative estimate of drug-likeness (QED) is 0.775. The average Bonchev–Trinajstić information content (AvgIpc) is 2.25. The van der Waals surface area contributed by atoms with Gasteiger partial charge in [-0.3, -0.25) is 0 Å². The van der Waals surface area contributed by atoms with Crippen LogP contribution in [0, 0.1) is 5.92 Å². The van der Waals surface area contributed by atoms with Crippen LogP contribution in [0.15, 0.2) is 28.7 Å². The van der Waals surface area contributed by atoms with Crippen LogP contribution >= 0.6 is 15.9 Å². The molecule has 1 aromatic carbocycles. The zero-order valence-electron chi connectivity index (χ0n) is 10.0. The lowest BCUT2D eigenvalue weighted by Crippen LogP contribution is -2.22. The van der Waals surface area contributed by atoms with Crippen LogP contribution in [0.25, 0.3) is 0 Å². The van der Waals surface area contributed by atoms with Gasteiger partial charge in [0.25, 0.3) is 0 Å². The molecule has 90 valence electrons. The van der Waals surface area contributed by atoms with Crippen molar-refractivity contribution < 1.29 is 4.74 Å². The third-order valence-corrected chi connectivity index (χ3v) is 2.79. The summed E-state index contributed by atoms with van der Waals surface area (Å²) in [6.07, 6.45) is 1.22. The fraction of sp³-hybridized carbons (Fsp3) is 0.538. The second kappa shape index (κ2) is 7.69. The molecule has 0 heterocycles. The van der Waals surface area contributed by atoms with Gasteiger partial charge >= 0.3 is 0 Å². The Labute approximate surface area is 107 Å². The van der Waals surface area contributed by atoms with Gasteiger partial charge in [-0.2, -0.15) is 0 Å². The summed E-state index contributed by atoms with van der Waals surface area (Å²) in [7, 11) is 0. The van der Waals surface area contributed by atoms with Crippen molar-refractivity contribution in [3.05, 3.63) is 28.7 Å². The van der Waals surface area contributed by atoms with E-state index in [2.05, 4.69) is 35.1 Å². The molecule has 0 fully saturated rings. The van der Waals surface area contributed by atoms with E-state index in [0.29, 0.717) is 0 Å². The van der Waals surface area contributed by atoms with Crippen LogP contribution in [0.1, 0.15) is 20.3 Å². The Morgan fingerprint density at radius 2 is 1.88 bits per heavy atom. The van der Waals surface area contributed by atoms with Gasteiger partial charge in [0.2, 0.25) is 0 Å². The molecule has 2 nitrogen and oxygen atoms in total. The zero-order chi connectivity index (χ0) is 11.8. The van der Waals surface area contributed by atoms with Crippen LogP contribution < -0.4 is 10.1 Å². The molecule has 0 saturated heterocycles. The monoisotopic (exact) mass is 285 g/mol. The summed E-state index contributed by atoms with van der Waals surface area (Å²) in [5, 5.41) is 3.36. The van der Waals surface area contributed by atoms with E-state index in [-0.39, 0.29) is 0 Å². The van der Waals surface area contributed by atoms with Crippen LogP contribution in [0.5, 0.6) is 5.75 Å². The molecule has 0 amide bonds. The lowest BCUT2D eigenvalue weighted by Gasteiger charge is -2.08. The van der Waals surface area contributed by atoms with Gasteiger partial charge in [-0.05, 0) is 43.1 Å². The van der Waals surface area contributed by atoms with E-state index in [9.17, 15) is 0 Å². The number of hydrogen-bond donors (Lipinski definition) is 1. The highest BCUT2D eigenvalue weighted by molar-refractivity contribution is 9.10. The maximum absolute atomic E-state index is 5.58. The minimum absolute atomic E-state index is 0.722. The summed E-state index contributed by atoms with van der Waals surface area (Å²) < 4.78 is 6.66. The van der Waals surface area contributed by atoms with Crippen LogP contribution in [0.4, 0.5) is 0 Å². The van der Waals surface area contributed by atoms with Gasteiger partial charge in [0, 0.05) is 11.0 Å². The molecule has 16 heavy (non-hydrogen) atoms. The summed E-state index contributed by atoms with van der Waals surface area (Å²) in [6, 6.07) is 7.92. The third-order valence-electron chi connectivity index (χ3n) is 2.26. The number of rotatable bonds is 7. The van der Waals surface area contributed by atoms with E-state index in [1.54, 1.807) is 0 Å². The molecule has 1 aromatic rings. The molecule has 0 bridgehead atoms. The molecular formula is C13H20BrNO. The summed E-state index contributed by atoms with van der Waals surface area (Å²) >= 11 is 3.39. The summed E-state index contributed by atoms with van der Waals surface area (Å²) in [6.45, 7) is 7.17. The minimum Gasteiger partial charge on any atom is -0.492 e. The molecule has 0 aliphatic rings. The number of benzene rings is 1. The first kappa shape index (κ1) is 13.5. The van der Waals surface area contributed by atoms with Gasteiger partial charge in [-0.15, -0.1) is 0 Å². The lowest BCUT2D eigenvalue weighted by molar-refractivity contribution is 0.312. The fourth-order valence-electron chi connectivity index (χ4n) is 1.29. The molecule has 1 rings (SSSR count). The molecule has 3 heteroatoms. The van der Waals surface area contributed by atoms with Crippen molar-refractivity contribution >= 4 is 15.9 Å². The summed E-state index contributed by atoms with van der Waals surface area (Å²) in [4.78, 5) is 0. The molecule has 0 saturated carbocycles. The Morgan fingerprint density at radius 3 is 2.50 bits per heavy atom. The van der Waals surface area contributed by atoms with Gasteiger partial charge in [0.1, 0.15) is 12.4 Å². The predicted octanol–water partition coefficient (Wildman–Crippen LogP) is 3.46. The van der Waals surface area contributed by atoms with Gasteiger partial charge in [-0.1, -0.05) is 29.8 Å². The number of ether oxygens (including phenoxy) is 1. The van der Waals surface area contributed by atoms with Crippen LogP contribution in [-0.4, -0.2) is 19.7 Å². The fourth-order valence-corrected chi connectivity index (χ4v) is 1.55. The minimum atomic E-state index is 0.722. The SMILES string of the molecule is CC(C)CCNCCOc1ccc(Br)cc1. The highest BCUT2D eigenvalue weighted by atomic mass is 79.9. The van der Waals surface area contributed by atoms with Crippen molar-refractivity contribution in [2.75, 3.05) is 19.7 Å². The van der Waals surface area contributed by atoms with Gasteiger partial charge in [0.05, 0.1) is 0 Å². The van der Waals surface area contributed by atoms with E-state index < -0.39 is 0 Å². The number of halogens is 1. The second-order valence-electron chi connectivity index (χ2n) is 4.23. The topological polar surface area (TPSA) is 21.3 Å². The van der Waals surface area contributed by atoms with E-state index in [4.69, 9.17) is 4.74 Å². The van der Waals surface area contributed by atoms with Crippen LogP contribution in [0.3, 0.4) is 0 Å². The smallest absolute Gasteiger partial charge is 0.119 e. The van der Waals surface area contributed by atoms with E-state index in [0.717, 1.165) is 35.8 Å². The lowest BCUT2D eigenvalue weighted by atomic mass is 10.1. The molecular weight excluding hydrogens is 266 g/mol. The van der Waals surface area contributed by atoms with Gasteiger partial charge in [-0.25, -0.2) is 0 Å². The molecule has 0 aliphatic heterocycles. The van der Waals surface area contributed by atoms with Crippen molar-refractivity contribution in [1.29, 1.82) is 0 Å². The Kier molecular flexibility index (Phi) is 6.50. The van der Waals surface area contributed by atoms with E-state index in [1.807, 2.05) is 24.3 Å². The van der Waals surface area contributed by atoms with E-state index >= 15 is 0 Å². The van der Waals surface area contributed by atoms with Crippen molar-refractivity contribution in [2.45, 2.75) is 20.3 Å². The number of nitrogens with one attached hydrogen (secondary N) is 1. The largest absolute Gasteiger partial charge is 0.492 e. The van der Waals surface area contributed by atoms with Gasteiger partial charge < -0.3 is 10.1 Å². The third kappa shape index (κ3) is 6.13. The van der Waals surface area contributed by atoms with Crippen molar-refractivity contribution in [3.8, 4) is 5.75 Å². The summed E-state index contributed by atoms with van der Waals surface area (Å²) in [5.41, 5.74) is 0. The Bertz CT molecular complexity index is 284. The maximum Gasteiger partial charge on any atom is 0.119 e. The first-order chi connectivity index (χ1) is 7.68. The Morgan fingerprint density at radius 1 is 1.19 bits per heavy atom. The Balaban J connectivity index is 2.05. The zero-order valence-corrected chi connectivity index (χ0v) is 11.6. The first-order valence-electron chi connectivity index (χ1n) is 5.77. The molecule has 0 aromatic heterocycles. The molecule has 1 N–H and O–H groups in total. The molecule has 0 unspecified atom stereocenters. The van der Waals surface area contributed by atoms with E-state index in [1.165, 1.54) is 6.42 Å². The predicted molar refractivity (Wildman–Crippen MR) is 72.0 cm³/mol.